The fourth-order valence-electron chi connectivity index (χ4n) is 11.5. The number of benzene rings is 10. The lowest BCUT2D eigenvalue weighted by Crippen LogP contribution is -2.28. The molecule has 1 aliphatic rings. The van der Waals surface area contributed by atoms with Gasteiger partial charge in [-0.1, -0.05) is 218 Å². The molecule has 14 rings (SSSR count). The maximum Gasteiger partial charge on any atom is 0.0972 e. The molecule has 0 atom stereocenters. The summed E-state index contributed by atoms with van der Waals surface area (Å²) in [6.45, 7) is 0. The van der Waals surface area contributed by atoms with Gasteiger partial charge in [-0.2, -0.15) is 0 Å². The van der Waals surface area contributed by atoms with Crippen LogP contribution in [0.5, 0.6) is 0 Å². The summed E-state index contributed by atoms with van der Waals surface area (Å²) in [5, 5.41) is 10.1. The Hall–Kier alpha value is -8.79. The van der Waals surface area contributed by atoms with Crippen LogP contribution in [0.3, 0.4) is 0 Å². The molecule has 0 unspecified atom stereocenters. The molecule has 0 fully saturated rings. The van der Waals surface area contributed by atoms with Crippen molar-refractivity contribution in [1.82, 2.24) is 15.0 Å². The van der Waals surface area contributed by atoms with Gasteiger partial charge < -0.3 is 0 Å². The van der Waals surface area contributed by atoms with E-state index in [-0.39, 0.29) is 0 Å². The van der Waals surface area contributed by atoms with E-state index in [1.54, 1.807) is 0 Å². The molecular weight excluding hydrogens is 811 g/mol. The van der Waals surface area contributed by atoms with Crippen molar-refractivity contribution in [3.8, 4) is 44.9 Å². The normalized spacial score (nSPS) is 12.9. The van der Waals surface area contributed by atoms with Gasteiger partial charge in [0.25, 0.3) is 0 Å². The molecule has 3 heterocycles. The van der Waals surface area contributed by atoms with E-state index in [1.807, 2.05) is 6.07 Å². The van der Waals surface area contributed by atoms with Crippen LogP contribution >= 0.6 is 0 Å². The Morgan fingerprint density at radius 3 is 1.42 bits per heavy atom. The SMILES string of the molecule is c1ccc(-c2ccc3ccc4ccc(-c5c6ccccc6c(-c6nc7ccc8c(c7c7ccccc67)C(c6ccccc6)(c6ccccc6)c6ccccc6-8)c6ccccc56)nc4c3n2)cc1. The first kappa shape index (κ1) is 37.6. The second-order valence-electron chi connectivity index (χ2n) is 17.7. The largest absolute Gasteiger partial charge is 0.247 e. The van der Waals surface area contributed by atoms with E-state index in [2.05, 4.69) is 231 Å². The Morgan fingerprint density at radius 2 is 0.791 bits per heavy atom. The minimum Gasteiger partial charge on any atom is -0.247 e. The molecule has 310 valence electrons. The van der Waals surface area contributed by atoms with Crippen LogP contribution in [0.25, 0.3) is 110 Å². The number of rotatable bonds is 5. The summed E-state index contributed by atoms with van der Waals surface area (Å²) < 4.78 is 0. The quantitative estimate of drug-likeness (QED) is 0.128. The molecule has 0 spiro atoms. The van der Waals surface area contributed by atoms with Crippen LogP contribution in [-0.4, -0.2) is 15.0 Å². The van der Waals surface area contributed by atoms with Crippen LogP contribution in [0.4, 0.5) is 0 Å². The van der Waals surface area contributed by atoms with Gasteiger partial charge in [0.2, 0.25) is 0 Å². The van der Waals surface area contributed by atoms with E-state index in [0.717, 1.165) is 88.0 Å². The number of fused-ring (bicyclic) bond motifs is 12. The molecule has 67 heavy (non-hydrogen) atoms. The van der Waals surface area contributed by atoms with E-state index >= 15 is 0 Å². The summed E-state index contributed by atoms with van der Waals surface area (Å²) in [6.07, 6.45) is 0. The Balaban J connectivity index is 1.05. The topological polar surface area (TPSA) is 38.7 Å². The summed E-state index contributed by atoms with van der Waals surface area (Å²) in [4.78, 5) is 16.6. The highest BCUT2D eigenvalue weighted by molar-refractivity contribution is 6.25. The minimum absolute atomic E-state index is 0.572. The van der Waals surface area contributed by atoms with E-state index in [4.69, 9.17) is 15.0 Å². The van der Waals surface area contributed by atoms with Crippen LogP contribution in [0, 0.1) is 0 Å². The summed E-state index contributed by atoms with van der Waals surface area (Å²) in [7, 11) is 0. The van der Waals surface area contributed by atoms with Gasteiger partial charge in [-0.15, -0.1) is 0 Å². The predicted octanol–water partition coefficient (Wildman–Crippen LogP) is 16.2. The van der Waals surface area contributed by atoms with Gasteiger partial charge in [0.05, 0.1) is 39.0 Å². The third kappa shape index (κ3) is 5.43. The fraction of sp³-hybridized carbons (Fsp3) is 0.0156. The van der Waals surface area contributed by atoms with Crippen molar-refractivity contribution in [3.05, 3.63) is 259 Å². The third-order valence-electron chi connectivity index (χ3n) is 14.3. The summed E-state index contributed by atoms with van der Waals surface area (Å²) >= 11 is 0. The maximum absolute atomic E-state index is 5.85. The van der Waals surface area contributed by atoms with Crippen molar-refractivity contribution in [3.63, 3.8) is 0 Å². The molecule has 10 aromatic carbocycles. The standard InChI is InChI=1S/C64H39N3/c1-4-18-40(19-5-1)54-37-34-41-32-33-42-35-38-55(66-62(42)61(41)65-54)57-46-25-10-12-27-48(46)58(49-28-13-11-26-47(49)57)63-52-30-15-14-29-50(52)59-56(67-63)39-36-51-45-24-16-17-31-53(45)64(60(51)59,43-20-6-2-7-21-43)44-22-8-3-9-23-44/h1-39H. The highest BCUT2D eigenvalue weighted by Gasteiger charge is 2.47. The molecule has 0 amide bonds. The van der Waals surface area contributed by atoms with Crippen LogP contribution < -0.4 is 0 Å². The molecule has 0 radical (unpaired) electrons. The van der Waals surface area contributed by atoms with E-state index in [1.165, 1.54) is 44.2 Å². The molecule has 3 heteroatoms. The number of hydrogen-bond acceptors (Lipinski definition) is 3. The van der Waals surface area contributed by atoms with Crippen LogP contribution in [-0.2, 0) is 5.41 Å². The Morgan fingerprint density at radius 1 is 0.313 bits per heavy atom. The molecule has 0 aliphatic heterocycles. The zero-order chi connectivity index (χ0) is 44.1. The summed E-state index contributed by atoms with van der Waals surface area (Å²) in [5.41, 5.74) is 15.9. The molecule has 1 aliphatic carbocycles. The monoisotopic (exact) mass is 849 g/mol. The number of aromatic nitrogens is 3. The number of hydrogen-bond donors (Lipinski definition) is 0. The van der Waals surface area contributed by atoms with Crippen molar-refractivity contribution in [2.45, 2.75) is 5.41 Å². The lowest BCUT2D eigenvalue weighted by molar-refractivity contribution is 0.776. The fourth-order valence-corrected chi connectivity index (χ4v) is 11.5. The van der Waals surface area contributed by atoms with E-state index in [0.29, 0.717) is 0 Å². The summed E-state index contributed by atoms with van der Waals surface area (Å²) in [6, 6.07) is 85.6. The van der Waals surface area contributed by atoms with Gasteiger partial charge >= 0.3 is 0 Å². The van der Waals surface area contributed by atoms with Gasteiger partial charge in [0.15, 0.2) is 0 Å². The smallest absolute Gasteiger partial charge is 0.0972 e. The maximum atomic E-state index is 5.85. The van der Waals surface area contributed by atoms with Crippen molar-refractivity contribution < 1.29 is 0 Å². The molecule has 3 nitrogen and oxygen atoms in total. The summed E-state index contributed by atoms with van der Waals surface area (Å²) in [5.74, 6) is 0. The van der Waals surface area contributed by atoms with Crippen LogP contribution in [0.1, 0.15) is 22.3 Å². The number of nitrogens with zero attached hydrogens (tertiary/aromatic N) is 3. The van der Waals surface area contributed by atoms with Crippen molar-refractivity contribution >= 4 is 65.0 Å². The second-order valence-corrected chi connectivity index (χ2v) is 17.7. The lowest BCUT2D eigenvalue weighted by Gasteiger charge is -2.35. The molecule has 0 saturated heterocycles. The highest BCUT2D eigenvalue weighted by atomic mass is 14.8. The minimum atomic E-state index is -0.572. The van der Waals surface area contributed by atoms with Gasteiger partial charge in [-0.25, -0.2) is 15.0 Å². The predicted molar refractivity (Wildman–Crippen MR) is 278 cm³/mol. The first-order valence-corrected chi connectivity index (χ1v) is 23.0. The van der Waals surface area contributed by atoms with E-state index in [9.17, 15) is 0 Å². The van der Waals surface area contributed by atoms with E-state index < -0.39 is 5.41 Å². The molecule has 3 aromatic heterocycles. The third-order valence-corrected chi connectivity index (χ3v) is 14.3. The molecule has 0 saturated carbocycles. The number of pyridine rings is 3. The van der Waals surface area contributed by atoms with Crippen molar-refractivity contribution in [2.24, 2.45) is 0 Å². The Bertz CT molecular complexity index is 4050. The zero-order valence-electron chi connectivity index (χ0n) is 36.4. The average molecular weight is 850 g/mol. The molecule has 0 bridgehead atoms. The lowest BCUT2D eigenvalue weighted by atomic mass is 9.66. The van der Waals surface area contributed by atoms with Gasteiger partial charge in [-0.05, 0) is 78.5 Å². The van der Waals surface area contributed by atoms with Gasteiger partial charge in [-0.3, -0.25) is 0 Å². The first-order chi connectivity index (χ1) is 33.3. The van der Waals surface area contributed by atoms with Crippen molar-refractivity contribution in [2.75, 3.05) is 0 Å². The first-order valence-electron chi connectivity index (χ1n) is 23.0. The second kappa shape index (κ2) is 14.6. The van der Waals surface area contributed by atoms with Gasteiger partial charge in [0.1, 0.15) is 0 Å². The Labute approximate surface area is 387 Å². The van der Waals surface area contributed by atoms with Crippen LogP contribution in [0.2, 0.25) is 0 Å². The van der Waals surface area contributed by atoms with Crippen LogP contribution in [0.15, 0.2) is 237 Å². The molecule has 0 N–H and O–H groups in total. The van der Waals surface area contributed by atoms with Gasteiger partial charge in [0, 0.05) is 38.2 Å². The van der Waals surface area contributed by atoms with Crippen molar-refractivity contribution in [1.29, 1.82) is 0 Å². The zero-order valence-corrected chi connectivity index (χ0v) is 36.4. The average Bonchev–Trinajstić information content (AvgIpc) is 3.71. The highest BCUT2D eigenvalue weighted by Crippen LogP contribution is 2.59. The molecule has 13 aromatic rings. The Kier molecular flexibility index (Phi) is 8.20. The molecular formula is C64H39N3.